The summed E-state index contributed by atoms with van der Waals surface area (Å²) in [6.07, 6.45) is 5.27. The van der Waals surface area contributed by atoms with Crippen LogP contribution in [-0.2, 0) is 4.79 Å². The van der Waals surface area contributed by atoms with Crippen molar-refractivity contribution in [1.29, 1.82) is 0 Å². The quantitative estimate of drug-likeness (QED) is 0.684. The fourth-order valence-corrected chi connectivity index (χ4v) is 2.24. The number of rotatable bonds is 5. The molecule has 2 unspecified atom stereocenters. The van der Waals surface area contributed by atoms with Crippen LogP contribution in [0.5, 0.6) is 0 Å². The van der Waals surface area contributed by atoms with Gasteiger partial charge in [0.1, 0.15) is 0 Å². The van der Waals surface area contributed by atoms with E-state index in [1.54, 1.807) is 0 Å². The first-order chi connectivity index (χ1) is 7.09. The van der Waals surface area contributed by atoms with E-state index in [9.17, 15) is 4.79 Å². The highest BCUT2D eigenvalue weighted by Gasteiger charge is 2.22. The van der Waals surface area contributed by atoms with Crippen molar-refractivity contribution >= 4 is 5.97 Å². The van der Waals surface area contributed by atoms with Gasteiger partial charge in [0, 0.05) is 12.6 Å². The number of carbonyl (C=O) groups is 1. The van der Waals surface area contributed by atoms with Gasteiger partial charge in [0.15, 0.2) is 0 Å². The lowest BCUT2D eigenvalue weighted by atomic mass is 9.98. The van der Waals surface area contributed by atoms with E-state index < -0.39 is 5.97 Å². The molecular formula is C12H21NO2. The number of hydrogen-bond donors (Lipinski definition) is 2. The minimum Gasteiger partial charge on any atom is -0.478 e. The molecule has 0 heterocycles. The van der Waals surface area contributed by atoms with Crippen LogP contribution in [-0.4, -0.2) is 24.2 Å². The maximum Gasteiger partial charge on any atom is 0.328 e. The van der Waals surface area contributed by atoms with Crippen molar-refractivity contribution in [3.63, 3.8) is 0 Å². The number of carboxylic acid groups (broad SMARTS) is 1. The van der Waals surface area contributed by atoms with Crippen molar-refractivity contribution in [3.05, 3.63) is 11.6 Å². The van der Waals surface area contributed by atoms with Gasteiger partial charge in [0.2, 0.25) is 0 Å². The molecule has 0 amide bonds. The summed E-state index contributed by atoms with van der Waals surface area (Å²) >= 11 is 0. The minimum atomic E-state index is -0.858. The third-order valence-electron chi connectivity index (χ3n) is 3.22. The second-order valence-corrected chi connectivity index (χ2v) is 4.63. The molecule has 1 saturated carbocycles. The maximum atomic E-state index is 10.4. The number of aliphatic carboxylic acids is 1. The van der Waals surface area contributed by atoms with Crippen molar-refractivity contribution in [1.82, 2.24) is 5.32 Å². The topological polar surface area (TPSA) is 49.3 Å². The van der Waals surface area contributed by atoms with Crippen LogP contribution < -0.4 is 5.32 Å². The Balaban J connectivity index is 2.18. The van der Waals surface area contributed by atoms with Gasteiger partial charge < -0.3 is 10.4 Å². The van der Waals surface area contributed by atoms with Crippen molar-refractivity contribution in [2.45, 2.75) is 33.1 Å². The van der Waals surface area contributed by atoms with Gasteiger partial charge in [0.05, 0.1) is 0 Å². The number of nitrogens with one attached hydrogen (secondary N) is 1. The van der Waals surface area contributed by atoms with E-state index >= 15 is 0 Å². The van der Waals surface area contributed by atoms with Crippen molar-refractivity contribution in [3.8, 4) is 0 Å². The van der Waals surface area contributed by atoms with Crippen LogP contribution in [0, 0.1) is 11.8 Å². The summed E-state index contributed by atoms with van der Waals surface area (Å²) in [6.45, 7) is 5.86. The number of carboxylic acids is 1. The van der Waals surface area contributed by atoms with Crippen molar-refractivity contribution < 1.29 is 9.90 Å². The molecule has 2 atom stereocenters. The van der Waals surface area contributed by atoms with Gasteiger partial charge in [-0.2, -0.15) is 0 Å². The van der Waals surface area contributed by atoms with Gasteiger partial charge in [-0.3, -0.25) is 0 Å². The summed E-state index contributed by atoms with van der Waals surface area (Å²) in [5, 5.41) is 11.9. The Kier molecular flexibility index (Phi) is 4.82. The summed E-state index contributed by atoms with van der Waals surface area (Å²) in [5.41, 5.74) is 0.883. The molecule has 1 fully saturated rings. The first-order valence-corrected chi connectivity index (χ1v) is 5.70. The molecule has 86 valence electrons. The number of hydrogen-bond acceptors (Lipinski definition) is 2. The molecule has 0 saturated heterocycles. The highest BCUT2D eigenvalue weighted by Crippen LogP contribution is 2.30. The van der Waals surface area contributed by atoms with Crippen LogP contribution in [0.2, 0.25) is 0 Å². The van der Waals surface area contributed by atoms with Crippen LogP contribution in [0.4, 0.5) is 0 Å². The summed E-state index contributed by atoms with van der Waals surface area (Å²) in [5.74, 6) is 0.743. The minimum absolute atomic E-state index is 0.690. The molecule has 1 aliphatic carbocycles. The van der Waals surface area contributed by atoms with E-state index in [0.717, 1.165) is 24.0 Å². The molecule has 3 heteroatoms. The SMILES string of the molecule is CC(=CC(=O)O)CNCC1CCCC1C. The Morgan fingerprint density at radius 2 is 2.27 bits per heavy atom. The highest BCUT2D eigenvalue weighted by molar-refractivity contribution is 5.80. The molecule has 0 aliphatic heterocycles. The molecule has 1 rings (SSSR count). The largest absolute Gasteiger partial charge is 0.478 e. The normalized spacial score (nSPS) is 26.9. The summed E-state index contributed by atoms with van der Waals surface area (Å²) in [4.78, 5) is 10.4. The van der Waals surface area contributed by atoms with Gasteiger partial charge in [-0.15, -0.1) is 0 Å². The van der Waals surface area contributed by atoms with Crippen molar-refractivity contribution in [2.24, 2.45) is 11.8 Å². The van der Waals surface area contributed by atoms with Crippen LogP contribution in [0.1, 0.15) is 33.1 Å². The summed E-state index contributed by atoms with van der Waals surface area (Å²) in [6, 6.07) is 0. The van der Waals surface area contributed by atoms with Crippen molar-refractivity contribution in [2.75, 3.05) is 13.1 Å². The van der Waals surface area contributed by atoms with Gasteiger partial charge in [-0.1, -0.05) is 25.3 Å². The Morgan fingerprint density at radius 1 is 1.53 bits per heavy atom. The van der Waals surface area contributed by atoms with E-state index in [0.29, 0.717) is 6.54 Å². The zero-order valence-corrected chi connectivity index (χ0v) is 9.62. The lowest BCUT2D eigenvalue weighted by Gasteiger charge is -2.15. The van der Waals surface area contributed by atoms with Gasteiger partial charge in [-0.05, 0) is 31.7 Å². The fraction of sp³-hybridized carbons (Fsp3) is 0.750. The lowest BCUT2D eigenvalue weighted by molar-refractivity contribution is -0.131. The zero-order valence-electron chi connectivity index (χ0n) is 9.62. The predicted octanol–water partition coefficient (Wildman–Crippen LogP) is 2.04. The molecule has 0 aromatic carbocycles. The fourth-order valence-electron chi connectivity index (χ4n) is 2.24. The van der Waals surface area contributed by atoms with Gasteiger partial charge >= 0.3 is 5.97 Å². The third kappa shape index (κ3) is 4.47. The predicted molar refractivity (Wildman–Crippen MR) is 60.8 cm³/mol. The Hall–Kier alpha value is -0.830. The zero-order chi connectivity index (χ0) is 11.3. The molecule has 1 aliphatic rings. The molecule has 0 radical (unpaired) electrons. The Labute approximate surface area is 91.6 Å². The molecular weight excluding hydrogens is 190 g/mol. The van der Waals surface area contributed by atoms with Crippen LogP contribution in [0.25, 0.3) is 0 Å². The van der Waals surface area contributed by atoms with E-state index in [2.05, 4.69) is 12.2 Å². The van der Waals surface area contributed by atoms with E-state index in [4.69, 9.17) is 5.11 Å². The van der Waals surface area contributed by atoms with Crippen LogP contribution >= 0.6 is 0 Å². The average Bonchev–Trinajstić information content (AvgIpc) is 2.50. The molecule has 2 N–H and O–H groups in total. The molecule has 0 bridgehead atoms. The van der Waals surface area contributed by atoms with Crippen LogP contribution in [0.15, 0.2) is 11.6 Å². The molecule has 15 heavy (non-hydrogen) atoms. The summed E-state index contributed by atoms with van der Waals surface area (Å²) in [7, 11) is 0. The second-order valence-electron chi connectivity index (χ2n) is 4.63. The lowest BCUT2D eigenvalue weighted by Crippen LogP contribution is -2.25. The molecule has 0 aromatic heterocycles. The summed E-state index contributed by atoms with van der Waals surface area (Å²) < 4.78 is 0. The first kappa shape index (κ1) is 12.2. The third-order valence-corrected chi connectivity index (χ3v) is 3.22. The molecule has 0 spiro atoms. The van der Waals surface area contributed by atoms with E-state index in [1.807, 2.05) is 6.92 Å². The van der Waals surface area contributed by atoms with Crippen LogP contribution in [0.3, 0.4) is 0 Å². The highest BCUT2D eigenvalue weighted by atomic mass is 16.4. The monoisotopic (exact) mass is 211 g/mol. The van der Waals surface area contributed by atoms with E-state index in [1.165, 1.54) is 25.3 Å². The molecule has 0 aromatic rings. The van der Waals surface area contributed by atoms with Gasteiger partial charge in [-0.25, -0.2) is 4.79 Å². The second kappa shape index (κ2) is 5.91. The Morgan fingerprint density at radius 3 is 2.80 bits per heavy atom. The van der Waals surface area contributed by atoms with Gasteiger partial charge in [0.25, 0.3) is 0 Å². The maximum absolute atomic E-state index is 10.4. The molecule has 3 nitrogen and oxygen atoms in total. The van der Waals surface area contributed by atoms with E-state index in [-0.39, 0.29) is 0 Å². The first-order valence-electron chi connectivity index (χ1n) is 5.70. The average molecular weight is 211 g/mol. The standard InChI is InChI=1S/C12H21NO2/c1-9(6-12(14)15)7-13-8-11-5-3-4-10(11)2/h6,10-11,13H,3-5,7-8H2,1-2H3,(H,14,15). The smallest absolute Gasteiger partial charge is 0.328 e. The Bertz CT molecular complexity index is 248.